The van der Waals surface area contributed by atoms with E-state index in [2.05, 4.69) is 73.9 Å². The van der Waals surface area contributed by atoms with Gasteiger partial charge in [-0.25, -0.2) is 0 Å². The summed E-state index contributed by atoms with van der Waals surface area (Å²) >= 11 is 0. The van der Waals surface area contributed by atoms with Gasteiger partial charge in [0, 0.05) is 11.1 Å². The Morgan fingerprint density at radius 3 is 1.79 bits per heavy atom. The monoisotopic (exact) mass is 370 g/mol. The van der Waals surface area contributed by atoms with Crippen LogP contribution in [0.15, 0.2) is 61.2 Å². The van der Waals surface area contributed by atoms with Crippen LogP contribution in [0.1, 0.15) is 74.1 Å². The van der Waals surface area contributed by atoms with E-state index in [0.29, 0.717) is 0 Å². The summed E-state index contributed by atoms with van der Waals surface area (Å²) in [4.78, 5) is 0. The van der Waals surface area contributed by atoms with Crippen LogP contribution in [-0.4, -0.2) is 0 Å². The normalized spacial score (nSPS) is 18.9. The van der Waals surface area contributed by atoms with Gasteiger partial charge in [0.05, 0.1) is 0 Å². The molecule has 0 amide bonds. The maximum Gasteiger partial charge on any atom is 0.0249 e. The number of benzene rings is 2. The van der Waals surface area contributed by atoms with Crippen LogP contribution in [-0.2, 0) is 12.8 Å². The van der Waals surface area contributed by atoms with Crippen molar-refractivity contribution in [2.45, 2.75) is 64.7 Å². The zero-order valence-corrected chi connectivity index (χ0v) is 17.4. The Balaban J connectivity index is 1.47. The van der Waals surface area contributed by atoms with Crippen LogP contribution in [0.3, 0.4) is 0 Å². The van der Waals surface area contributed by atoms with E-state index in [-0.39, 0.29) is 0 Å². The van der Waals surface area contributed by atoms with Crippen molar-refractivity contribution in [1.29, 1.82) is 0 Å². The molecule has 2 aromatic rings. The van der Waals surface area contributed by atoms with Crippen LogP contribution in [0.5, 0.6) is 0 Å². The summed E-state index contributed by atoms with van der Waals surface area (Å²) in [7, 11) is 0. The van der Waals surface area contributed by atoms with Crippen LogP contribution in [0.25, 0.3) is 0 Å². The number of hydrogen-bond donors (Lipinski definition) is 0. The van der Waals surface area contributed by atoms with Crippen LogP contribution >= 0.6 is 0 Å². The Bertz CT molecular complexity index is 775. The van der Waals surface area contributed by atoms with Crippen molar-refractivity contribution >= 4 is 0 Å². The molecule has 0 heteroatoms. The first kappa shape index (κ1) is 20.5. The second-order valence-corrected chi connectivity index (χ2v) is 8.35. The quantitative estimate of drug-likeness (QED) is 0.353. The fraction of sp³-hybridized carbons (Fsp3) is 0.429. The van der Waals surface area contributed by atoms with Crippen molar-refractivity contribution in [1.82, 2.24) is 0 Å². The van der Waals surface area contributed by atoms with Gasteiger partial charge in [-0.15, -0.1) is 6.58 Å². The summed E-state index contributed by atoms with van der Waals surface area (Å²) in [6, 6.07) is 17.3. The first-order chi connectivity index (χ1) is 13.8. The molecule has 1 aliphatic rings. The summed E-state index contributed by atoms with van der Waals surface area (Å²) in [6.07, 6.45) is 14.0. The summed E-state index contributed by atoms with van der Waals surface area (Å²) in [5.41, 5.74) is 4.90. The predicted octanol–water partition coefficient (Wildman–Crippen LogP) is 7.35. The molecule has 0 bridgehead atoms. The lowest BCUT2D eigenvalue weighted by Crippen LogP contribution is -2.15. The summed E-state index contributed by atoms with van der Waals surface area (Å²) in [5.74, 6) is 8.52. The molecule has 146 valence electrons. The Morgan fingerprint density at radius 1 is 0.786 bits per heavy atom. The van der Waals surface area contributed by atoms with E-state index in [1.807, 2.05) is 6.08 Å². The zero-order valence-electron chi connectivity index (χ0n) is 17.4. The fourth-order valence-electron chi connectivity index (χ4n) is 4.38. The highest BCUT2D eigenvalue weighted by molar-refractivity contribution is 5.44. The highest BCUT2D eigenvalue weighted by atomic mass is 14.3. The van der Waals surface area contributed by atoms with Gasteiger partial charge in [-0.3, -0.25) is 0 Å². The molecule has 0 N–H and O–H groups in total. The van der Waals surface area contributed by atoms with Gasteiger partial charge in [0.2, 0.25) is 0 Å². The molecule has 0 aromatic heterocycles. The molecule has 1 aliphatic carbocycles. The van der Waals surface area contributed by atoms with Crippen molar-refractivity contribution in [3.63, 3.8) is 0 Å². The minimum absolute atomic E-state index is 0.912. The molecule has 0 aliphatic heterocycles. The van der Waals surface area contributed by atoms with Crippen LogP contribution in [0, 0.1) is 23.7 Å². The largest absolute Gasteiger partial charge is 0.103 e. The Hall–Kier alpha value is -2.26. The van der Waals surface area contributed by atoms with Gasteiger partial charge in [-0.1, -0.05) is 87.6 Å². The number of aryl methyl sites for hydroxylation is 1. The second kappa shape index (κ2) is 10.9. The number of rotatable bonds is 7. The smallest absolute Gasteiger partial charge is 0.0249 e. The first-order valence-corrected chi connectivity index (χ1v) is 11.1. The topological polar surface area (TPSA) is 0 Å². The van der Waals surface area contributed by atoms with E-state index in [1.54, 1.807) is 0 Å². The fourth-order valence-corrected chi connectivity index (χ4v) is 4.38. The molecule has 1 fully saturated rings. The van der Waals surface area contributed by atoms with Gasteiger partial charge in [0.15, 0.2) is 0 Å². The molecule has 28 heavy (non-hydrogen) atoms. The summed E-state index contributed by atoms with van der Waals surface area (Å²) in [6.45, 7) is 6.10. The lowest BCUT2D eigenvalue weighted by molar-refractivity contribution is 0.252. The Morgan fingerprint density at radius 2 is 1.29 bits per heavy atom. The molecule has 0 heterocycles. The minimum Gasteiger partial charge on any atom is -0.103 e. The molecule has 0 spiro atoms. The molecule has 2 aromatic carbocycles. The third-order valence-electron chi connectivity index (χ3n) is 6.14. The van der Waals surface area contributed by atoms with E-state index in [4.69, 9.17) is 0 Å². The van der Waals surface area contributed by atoms with E-state index in [1.165, 1.54) is 62.5 Å². The van der Waals surface area contributed by atoms with E-state index in [9.17, 15) is 0 Å². The van der Waals surface area contributed by atoms with E-state index >= 15 is 0 Å². The van der Waals surface area contributed by atoms with Gasteiger partial charge in [0.1, 0.15) is 0 Å². The third-order valence-corrected chi connectivity index (χ3v) is 6.14. The Labute approximate surface area is 172 Å². The number of allylic oxidation sites excluding steroid dienone is 1. The van der Waals surface area contributed by atoms with Crippen molar-refractivity contribution in [3.05, 3.63) is 83.4 Å². The zero-order chi connectivity index (χ0) is 19.6. The Kier molecular flexibility index (Phi) is 7.98. The van der Waals surface area contributed by atoms with E-state index < -0.39 is 0 Å². The molecule has 0 radical (unpaired) electrons. The lowest BCUT2D eigenvalue weighted by Gasteiger charge is -2.28. The van der Waals surface area contributed by atoms with Crippen molar-refractivity contribution in [2.24, 2.45) is 11.8 Å². The molecular weight excluding hydrogens is 336 g/mol. The standard InChI is InChI=1S/C28H34/c1-3-5-23-7-11-25(12-8-23)15-17-27-19-21-28(22-20-27)18-16-26-13-9-24(6-4-2)10-14-26/h3,7-8,11-12,19-22,24,26H,1,4-6,9-10,13-14,16,18H2,2H3. The molecule has 0 unspecified atom stereocenters. The molecule has 3 rings (SSSR count). The minimum atomic E-state index is 0.912. The summed E-state index contributed by atoms with van der Waals surface area (Å²) < 4.78 is 0. The van der Waals surface area contributed by atoms with Gasteiger partial charge in [-0.2, -0.15) is 0 Å². The van der Waals surface area contributed by atoms with Crippen LogP contribution < -0.4 is 0 Å². The molecule has 0 atom stereocenters. The van der Waals surface area contributed by atoms with Crippen molar-refractivity contribution in [3.8, 4) is 11.8 Å². The highest BCUT2D eigenvalue weighted by Gasteiger charge is 2.20. The molecule has 0 saturated heterocycles. The van der Waals surface area contributed by atoms with Gasteiger partial charge in [0.25, 0.3) is 0 Å². The van der Waals surface area contributed by atoms with Gasteiger partial charge >= 0.3 is 0 Å². The summed E-state index contributed by atoms with van der Waals surface area (Å²) in [5, 5.41) is 0. The number of hydrogen-bond acceptors (Lipinski definition) is 0. The molecule has 1 saturated carbocycles. The maximum absolute atomic E-state index is 3.78. The van der Waals surface area contributed by atoms with Gasteiger partial charge < -0.3 is 0 Å². The predicted molar refractivity (Wildman–Crippen MR) is 121 cm³/mol. The van der Waals surface area contributed by atoms with Crippen molar-refractivity contribution < 1.29 is 0 Å². The second-order valence-electron chi connectivity index (χ2n) is 8.35. The highest BCUT2D eigenvalue weighted by Crippen LogP contribution is 2.33. The van der Waals surface area contributed by atoms with E-state index in [0.717, 1.165) is 29.4 Å². The lowest BCUT2D eigenvalue weighted by atomic mass is 9.78. The SMILES string of the molecule is C=CCc1ccc(C#Cc2ccc(CCC3CCC(CCC)CC3)cc2)cc1. The average Bonchev–Trinajstić information content (AvgIpc) is 2.74. The van der Waals surface area contributed by atoms with Gasteiger partial charge in [-0.05, 0) is 66.5 Å². The maximum atomic E-state index is 3.78. The van der Waals surface area contributed by atoms with Crippen LogP contribution in [0.2, 0.25) is 0 Å². The first-order valence-electron chi connectivity index (χ1n) is 11.1. The third kappa shape index (κ3) is 6.42. The molecular formula is C28H34. The molecule has 0 nitrogen and oxygen atoms in total. The van der Waals surface area contributed by atoms with Crippen molar-refractivity contribution in [2.75, 3.05) is 0 Å². The van der Waals surface area contributed by atoms with Crippen LogP contribution in [0.4, 0.5) is 0 Å². The average molecular weight is 371 g/mol.